The van der Waals surface area contributed by atoms with Crippen LogP contribution in [0, 0.1) is 0 Å². The van der Waals surface area contributed by atoms with Crippen molar-refractivity contribution in [2.45, 2.75) is 43.4 Å². The minimum atomic E-state index is -3.62. The maximum absolute atomic E-state index is 13.1. The predicted octanol–water partition coefficient (Wildman–Crippen LogP) is 2.16. The van der Waals surface area contributed by atoms with Crippen LogP contribution in [0.25, 0.3) is 0 Å². The molecule has 176 valence electrons. The number of amides is 1. The highest BCUT2D eigenvalue weighted by molar-refractivity contribution is 7.89. The lowest BCUT2D eigenvalue weighted by molar-refractivity contribution is -0.122. The molecule has 9 heteroatoms. The van der Waals surface area contributed by atoms with E-state index in [1.807, 2.05) is 4.90 Å². The predicted molar refractivity (Wildman–Crippen MR) is 121 cm³/mol. The molecule has 0 unspecified atom stereocenters. The van der Waals surface area contributed by atoms with Crippen molar-refractivity contribution in [3.05, 3.63) is 29.8 Å². The molecular weight excluding hydrogens is 430 g/mol. The molecule has 1 amide bonds. The van der Waals surface area contributed by atoms with Crippen molar-refractivity contribution >= 4 is 15.9 Å². The van der Waals surface area contributed by atoms with E-state index in [9.17, 15) is 13.2 Å². The van der Waals surface area contributed by atoms with Gasteiger partial charge in [-0.3, -0.25) is 9.69 Å². The second kappa shape index (κ2) is 10.7. The molecule has 0 atom stereocenters. The molecule has 0 saturated carbocycles. The largest absolute Gasteiger partial charge is 0.490 e. The summed E-state index contributed by atoms with van der Waals surface area (Å²) in [6.07, 6.45) is 8.82. The van der Waals surface area contributed by atoms with E-state index in [0.717, 1.165) is 25.7 Å². The van der Waals surface area contributed by atoms with Crippen LogP contribution in [0.1, 0.15) is 38.5 Å². The zero-order chi connectivity index (χ0) is 22.4. The normalized spacial score (nSPS) is 20.3. The molecule has 8 nitrogen and oxygen atoms in total. The summed E-state index contributed by atoms with van der Waals surface area (Å²) in [6, 6.07) is 4.79. The minimum Gasteiger partial charge on any atom is -0.490 e. The Morgan fingerprint density at radius 2 is 1.78 bits per heavy atom. The van der Waals surface area contributed by atoms with E-state index in [1.165, 1.54) is 22.7 Å². The number of nitrogens with zero attached hydrogens (tertiary/aromatic N) is 2. The fourth-order valence-electron chi connectivity index (χ4n) is 4.33. The van der Waals surface area contributed by atoms with Gasteiger partial charge in [0, 0.05) is 45.2 Å². The molecule has 1 aromatic carbocycles. The number of hydrogen-bond acceptors (Lipinski definition) is 6. The van der Waals surface area contributed by atoms with Gasteiger partial charge in [-0.05, 0) is 44.2 Å². The highest BCUT2D eigenvalue weighted by Gasteiger charge is 2.30. The van der Waals surface area contributed by atoms with Crippen LogP contribution in [-0.2, 0) is 14.8 Å². The average molecular weight is 464 g/mol. The Labute approximate surface area is 190 Å². The highest BCUT2D eigenvalue weighted by Crippen LogP contribution is 2.33. The van der Waals surface area contributed by atoms with Gasteiger partial charge in [0.15, 0.2) is 11.5 Å². The summed E-state index contributed by atoms with van der Waals surface area (Å²) in [6.45, 7) is 3.82. The lowest BCUT2D eigenvalue weighted by atomic mass is 9.97. The van der Waals surface area contributed by atoms with Gasteiger partial charge in [0.25, 0.3) is 0 Å². The molecule has 1 saturated heterocycles. The quantitative estimate of drug-likeness (QED) is 0.624. The summed E-state index contributed by atoms with van der Waals surface area (Å²) in [5.74, 6) is 1.06. The van der Waals surface area contributed by atoms with Crippen LogP contribution in [-0.4, -0.2) is 76.0 Å². The van der Waals surface area contributed by atoms with Crippen molar-refractivity contribution in [3.63, 3.8) is 0 Å². The molecule has 0 radical (unpaired) electrons. The first kappa shape index (κ1) is 23.1. The van der Waals surface area contributed by atoms with E-state index in [0.29, 0.717) is 64.0 Å². The van der Waals surface area contributed by atoms with E-state index < -0.39 is 10.0 Å². The van der Waals surface area contributed by atoms with Crippen molar-refractivity contribution in [1.82, 2.24) is 14.5 Å². The zero-order valence-electron chi connectivity index (χ0n) is 18.6. The van der Waals surface area contributed by atoms with Crippen molar-refractivity contribution in [2.75, 3.05) is 52.5 Å². The van der Waals surface area contributed by atoms with Crippen LogP contribution in [0.3, 0.4) is 0 Å². The topological polar surface area (TPSA) is 88.2 Å². The third-order valence-electron chi connectivity index (χ3n) is 6.21. The van der Waals surface area contributed by atoms with Gasteiger partial charge in [-0.25, -0.2) is 8.42 Å². The van der Waals surface area contributed by atoms with Gasteiger partial charge in [-0.2, -0.15) is 4.31 Å². The van der Waals surface area contributed by atoms with E-state index in [1.54, 1.807) is 18.2 Å². The van der Waals surface area contributed by atoms with Gasteiger partial charge < -0.3 is 14.8 Å². The Hall–Kier alpha value is -2.10. The first-order valence-electron chi connectivity index (χ1n) is 11.6. The number of carbonyl (C=O) groups is 1. The third kappa shape index (κ3) is 5.82. The molecule has 1 N–H and O–H groups in total. The number of ether oxygens (including phenoxy) is 2. The van der Waals surface area contributed by atoms with Gasteiger partial charge in [0.2, 0.25) is 15.9 Å². The number of benzene rings is 1. The Morgan fingerprint density at radius 1 is 1.00 bits per heavy atom. The zero-order valence-corrected chi connectivity index (χ0v) is 19.4. The van der Waals surface area contributed by atoms with Crippen molar-refractivity contribution in [3.8, 4) is 11.5 Å². The molecule has 0 spiro atoms. The first-order chi connectivity index (χ1) is 15.5. The van der Waals surface area contributed by atoms with E-state index in [4.69, 9.17) is 9.47 Å². The fraction of sp³-hybridized carbons (Fsp3) is 0.609. The van der Waals surface area contributed by atoms with Crippen LogP contribution in [0.2, 0.25) is 0 Å². The van der Waals surface area contributed by atoms with Crippen molar-refractivity contribution in [2.24, 2.45) is 0 Å². The number of sulfonamides is 1. The van der Waals surface area contributed by atoms with E-state index in [2.05, 4.69) is 11.4 Å². The fourth-order valence-corrected chi connectivity index (χ4v) is 5.77. The van der Waals surface area contributed by atoms with E-state index >= 15 is 0 Å². The molecule has 1 aliphatic carbocycles. The third-order valence-corrected chi connectivity index (χ3v) is 8.10. The van der Waals surface area contributed by atoms with Gasteiger partial charge in [0.05, 0.1) is 24.7 Å². The Balaban J connectivity index is 1.25. The number of allylic oxidation sites excluding steroid dienone is 1. The van der Waals surface area contributed by atoms with Crippen LogP contribution < -0.4 is 14.8 Å². The monoisotopic (exact) mass is 463 g/mol. The van der Waals surface area contributed by atoms with E-state index in [-0.39, 0.29) is 10.8 Å². The molecule has 2 aliphatic heterocycles. The second-order valence-electron chi connectivity index (χ2n) is 8.55. The van der Waals surface area contributed by atoms with Crippen LogP contribution >= 0.6 is 0 Å². The summed E-state index contributed by atoms with van der Waals surface area (Å²) in [5.41, 5.74) is 1.45. The molecule has 2 heterocycles. The van der Waals surface area contributed by atoms with Crippen molar-refractivity contribution in [1.29, 1.82) is 0 Å². The van der Waals surface area contributed by atoms with Crippen molar-refractivity contribution < 1.29 is 22.7 Å². The second-order valence-corrected chi connectivity index (χ2v) is 10.5. The van der Waals surface area contributed by atoms with Gasteiger partial charge in [0.1, 0.15) is 0 Å². The number of piperazine rings is 1. The van der Waals surface area contributed by atoms with Gasteiger partial charge in [-0.15, -0.1) is 0 Å². The van der Waals surface area contributed by atoms with Crippen LogP contribution in [0.15, 0.2) is 34.7 Å². The lowest BCUT2D eigenvalue weighted by Crippen LogP contribution is -2.51. The Kier molecular flexibility index (Phi) is 7.70. The SMILES string of the molecule is O=C(CN1CCN(S(=O)(=O)c2ccc3c(c2)OCCCO3)CC1)NCCC1=CCCCC1. The summed E-state index contributed by atoms with van der Waals surface area (Å²) in [7, 11) is -3.62. The summed E-state index contributed by atoms with van der Waals surface area (Å²) in [4.78, 5) is 14.5. The molecule has 1 fully saturated rings. The van der Waals surface area contributed by atoms with Crippen LogP contribution in [0.5, 0.6) is 11.5 Å². The Bertz CT molecular complexity index is 939. The molecule has 32 heavy (non-hydrogen) atoms. The summed E-state index contributed by atoms with van der Waals surface area (Å²) < 4.78 is 38.9. The molecule has 0 bridgehead atoms. The molecule has 3 aliphatic rings. The van der Waals surface area contributed by atoms with Crippen LogP contribution in [0.4, 0.5) is 0 Å². The average Bonchev–Trinajstić information content (AvgIpc) is 3.05. The number of carbonyl (C=O) groups excluding carboxylic acids is 1. The first-order valence-corrected chi connectivity index (χ1v) is 13.0. The maximum atomic E-state index is 13.1. The number of hydrogen-bond donors (Lipinski definition) is 1. The number of nitrogens with one attached hydrogen (secondary N) is 1. The molecular formula is C23H33N3O5S. The Morgan fingerprint density at radius 3 is 2.53 bits per heavy atom. The van der Waals surface area contributed by atoms with Gasteiger partial charge in [-0.1, -0.05) is 11.6 Å². The standard InChI is InChI=1S/C23H33N3O5S/c27-23(24-10-9-19-5-2-1-3-6-19)18-25-11-13-26(14-12-25)32(28,29)20-7-8-21-22(17-20)31-16-4-15-30-21/h5,7-8,17H,1-4,6,9-16,18H2,(H,24,27). The van der Waals surface area contributed by atoms with Gasteiger partial charge >= 0.3 is 0 Å². The molecule has 1 aromatic rings. The lowest BCUT2D eigenvalue weighted by Gasteiger charge is -2.33. The summed E-state index contributed by atoms with van der Waals surface area (Å²) in [5, 5.41) is 3.00. The number of fused-ring (bicyclic) bond motifs is 1. The minimum absolute atomic E-state index is 0.000572. The summed E-state index contributed by atoms with van der Waals surface area (Å²) >= 11 is 0. The number of rotatable bonds is 7. The molecule has 0 aromatic heterocycles. The highest BCUT2D eigenvalue weighted by atomic mass is 32.2. The smallest absolute Gasteiger partial charge is 0.243 e. The maximum Gasteiger partial charge on any atom is 0.243 e. The molecule has 4 rings (SSSR count).